The van der Waals surface area contributed by atoms with Crippen LogP contribution in [0.3, 0.4) is 0 Å². The molecular weight excluding hydrogens is 343 g/mol. The number of rotatable bonds is 2. The van der Waals surface area contributed by atoms with Gasteiger partial charge in [0.2, 0.25) is 0 Å². The van der Waals surface area contributed by atoms with Crippen molar-refractivity contribution in [3.63, 3.8) is 0 Å². The van der Waals surface area contributed by atoms with Crippen molar-refractivity contribution in [2.24, 2.45) is 0 Å². The zero-order valence-corrected chi connectivity index (χ0v) is 16.1. The molecule has 0 fully saturated rings. The molecule has 0 unspecified atom stereocenters. The number of aromatic nitrogens is 1. The summed E-state index contributed by atoms with van der Waals surface area (Å²) in [5.41, 5.74) is 3.09. The number of carboxylic acid groups (broad SMARTS) is 1. The second-order valence-electron chi connectivity index (χ2n) is 5.28. The van der Waals surface area contributed by atoms with Crippen LogP contribution >= 0.6 is 11.3 Å². The molecule has 114 valence electrons. The third-order valence-corrected chi connectivity index (χ3v) is 5.01. The number of hydrogen-bond donors (Lipinski definition) is 0. The molecule has 1 heterocycles. The smallest absolute Gasteiger partial charge is 0.542 e. The standard InChI is InChI=1S/C19H10N2O2S.Na/c20-10-11-8-9-14(13-5-2-1-4-12(11)13)15-6-3-7-16-17(15)24-18(21-16)19(22)23;/h1-9H,(H,22,23);/q;+1/p-1. The molecule has 0 amide bonds. The molecule has 6 heteroatoms. The summed E-state index contributed by atoms with van der Waals surface area (Å²) in [5, 5.41) is 22.2. The zero-order valence-electron chi connectivity index (χ0n) is 13.3. The average Bonchev–Trinajstić information content (AvgIpc) is 3.05. The summed E-state index contributed by atoms with van der Waals surface area (Å²) in [5.74, 6) is -1.27. The molecule has 4 rings (SSSR count). The van der Waals surface area contributed by atoms with Gasteiger partial charge < -0.3 is 9.90 Å². The number of thiazole rings is 1. The minimum Gasteiger partial charge on any atom is -0.542 e. The van der Waals surface area contributed by atoms with Gasteiger partial charge in [0, 0.05) is 10.9 Å². The van der Waals surface area contributed by atoms with Crippen LogP contribution in [0.1, 0.15) is 15.4 Å². The minimum absolute atomic E-state index is 0. The van der Waals surface area contributed by atoms with E-state index in [4.69, 9.17) is 0 Å². The molecule has 0 saturated carbocycles. The van der Waals surface area contributed by atoms with Gasteiger partial charge in [-0.15, -0.1) is 11.3 Å². The second kappa shape index (κ2) is 6.95. The van der Waals surface area contributed by atoms with Crippen molar-refractivity contribution in [3.8, 4) is 17.2 Å². The van der Waals surface area contributed by atoms with Gasteiger partial charge in [-0.25, -0.2) is 4.98 Å². The molecule has 1 aromatic heterocycles. The molecule has 4 nitrogen and oxygen atoms in total. The van der Waals surface area contributed by atoms with Gasteiger partial charge in [-0.3, -0.25) is 0 Å². The molecular formula is C19H9N2NaO2S. The van der Waals surface area contributed by atoms with Gasteiger partial charge in [0.1, 0.15) is 11.0 Å². The summed E-state index contributed by atoms with van der Waals surface area (Å²) >= 11 is 1.11. The van der Waals surface area contributed by atoms with Gasteiger partial charge >= 0.3 is 29.6 Å². The zero-order chi connectivity index (χ0) is 16.7. The number of hydrogen-bond acceptors (Lipinski definition) is 5. The first kappa shape index (κ1) is 17.6. The van der Waals surface area contributed by atoms with Crippen LogP contribution in [0, 0.1) is 11.3 Å². The van der Waals surface area contributed by atoms with Gasteiger partial charge in [-0.05, 0) is 23.1 Å². The van der Waals surface area contributed by atoms with E-state index in [0.717, 1.165) is 37.9 Å². The predicted molar refractivity (Wildman–Crippen MR) is 91.6 cm³/mol. The fourth-order valence-electron chi connectivity index (χ4n) is 2.88. The van der Waals surface area contributed by atoms with Gasteiger partial charge in [0.15, 0.2) is 0 Å². The Morgan fingerprint density at radius 1 is 1.00 bits per heavy atom. The van der Waals surface area contributed by atoms with E-state index in [1.807, 2.05) is 42.5 Å². The molecule has 0 spiro atoms. The van der Waals surface area contributed by atoms with Crippen LogP contribution in [0.15, 0.2) is 54.6 Å². The van der Waals surface area contributed by atoms with Crippen LogP contribution in [0.2, 0.25) is 0 Å². The molecule has 3 aromatic carbocycles. The number of fused-ring (bicyclic) bond motifs is 2. The van der Waals surface area contributed by atoms with E-state index in [1.165, 1.54) is 0 Å². The van der Waals surface area contributed by atoms with Gasteiger partial charge in [0.25, 0.3) is 0 Å². The molecule has 0 N–H and O–H groups in total. The first-order chi connectivity index (χ1) is 11.7. The maximum atomic E-state index is 11.1. The van der Waals surface area contributed by atoms with E-state index < -0.39 is 5.97 Å². The van der Waals surface area contributed by atoms with Crippen molar-refractivity contribution < 1.29 is 39.5 Å². The van der Waals surface area contributed by atoms with Crippen molar-refractivity contribution in [1.82, 2.24) is 4.98 Å². The molecule has 0 aliphatic carbocycles. The van der Waals surface area contributed by atoms with E-state index in [2.05, 4.69) is 11.1 Å². The molecule has 0 bridgehead atoms. The number of aromatic carboxylic acids is 1. The Kier molecular flexibility index (Phi) is 4.89. The Morgan fingerprint density at radius 2 is 1.76 bits per heavy atom. The second-order valence-corrected chi connectivity index (χ2v) is 6.28. The van der Waals surface area contributed by atoms with Gasteiger partial charge in [0.05, 0.1) is 21.8 Å². The maximum Gasteiger partial charge on any atom is 1.00 e. The van der Waals surface area contributed by atoms with E-state index in [9.17, 15) is 15.2 Å². The van der Waals surface area contributed by atoms with Gasteiger partial charge in [-0.1, -0.05) is 42.5 Å². The SMILES string of the molecule is N#Cc1ccc(-c2cccc3nc(C(=O)[O-])sc23)c2ccccc12.[Na+]. The Labute approximate surface area is 169 Å². The number of carbonyl (C=O) groups is 1. The first-order valence-electron chi connectivity index (χ1n) is 7.22. The molecule has 0 aliphatic rings. The van der Waals surface area contributed by atoms with Crippen LogP contribution in [-0.4, -0.2) is 11.0 Å². The van der Waals surface area contributed by atoms with Crippen molar-refractivity contribution in [2.45, 2.75) is 0 Å². The van der Waals surface area contributed by atoms with Crippen LogP contribution in [0.25, 0.3) is 32.1 Å². The fourth-order valence-corrected chi connectivity index (χ4v) is 3.81. The maximum absolute atomic E-state index is 11.1. The van der Waals surface area contributed by atoms with Crippen molar-refractivity contribution in [2.75, 3.05) is 0 Å². The Bertz CT molecular complexity index is 1160. The van der Waals surface area contributed by atoms with Crippen LogP contribution in [0.4, 0.5) is 0 Å². The molecule has 0 radical (unpaired) electrons. The molecule has 0 atom stereocenters. The number of benzene rings is 3. The Hall–Kier alpha value is -2.23. The predicted octanol–water partition coefficient (Wildman–Crippen LogP) is 0.356. The van der Waals surface area contributed by atoms with E-state index in [1.54, 1.807) is 12.1 Å². The van der Waals surface area contributed by atoms with Crippen molar-refractivity contribution in [1.29, 1.82) is 5.26 Å². The summed E-state index contributed by atoms with van der Waals surface area (Å²) in [6.07, 6.45) is 0. The van der Waals surface area contributed by atoms with Gasteiger partial charge in [-0.2, -0.15) is 5.26 Å². The molecule has 25 heavy (non-hydrogen) atoms. The molecule has 4 aromatic rings. The number of nitriles is 1. The number of carbonyl (C=O) groups excluding carboxylic acids is 1. The molecule has 0 aliphatic heterocycles. The normalized spacial score (nSPS) is 10.4. The third kappa shape index (κ3) is 2.94. The van der Waals surface area contributed by atoms with Crippen LogP contribution in [-0.2, 0) is 0 Å². The van der Waals surface area contributed by atoms with E-state index in [0.29, 0.717) is 11.1 Å². The van der Waals surface area contributed by atoms with Crippen molar-refractivity contribution >= 4 is 38.3 Å². The Morgan fingerprint density at radius 3 is 2.48 bits per heavy atom. The van der Waals surface area contributed by atoms with E-state index in [-0.39, 0.29) is 34.6 Å². The van der Waals surface area contributed by atoms with Crippen LogP contribution < -0.4 is 34.7 Å². The largest absolute Gasteiger partial charge is 1.00 e. The fraction of sp³-hybridized carbons (Fsp3) is 0. The summed E-state index contributed by atoms with van der Waals surface area (Å²) in [6.45, 7) is 0. The van der Waals surface area contributed by atoms with E-state index >= 15 is 0 Å². The van der Waals surface area contributed by atoms with Crippen LogP contribution in [0.5, 0.6) is 0 Å². The molecule has 0 saturated heterocycles. The summed E-state index contributed by atoms with van der Waals surface area (Å²) in [6, 6.07) is 19.2. The number of nitrogens with zero attached hydrogens (tertiary/aromatic N) is 2. The monoisotopic (exact) mass is 352 g/mol. The summed E-state index contributed by atoms with van der Waals surface area (Å²) in [7, 11) is 0. The minimum atomic E-state index is -1.27. The number of carboxylic acids is 1. The Balaban J connectivity index is 0.00000182. The summed E-state index contributed by atoms with van der Waals surface area (Å²) in [4.78, 5) is 15.2. The first-order valence-corrected chi connectivity index (χ1v) is 8.04. The summed E-state index contributed by atoms with van der Waals surface area (Å²) < 4.78 is 0.798. The quantitative estimate of drug-likeness (QED) is 0.488. The average molecular weight is 352 g/mol. The topological polar surface area (TPSA) is 76.8 Å². The third-order valence-electron chi connectivity index (χ3n) is 3.92. The van der Waals surface area contributed by atoms with Crippen molar-refractivity contribution in [3.05, 3.63) is 65.2 Å².